The van der Waals surface area contributed by atoms with Gasteiger partial charge in [0.25, 0.3) is 0 Å². The Bertz CT molecular complexity index is 407. The van der Waals surface area contributed by atoms with Gasteiger partial charge in [-0.1, -0.05) is 0 Å². The molecule has 5 heteroatoms. The highest BCUT2D eigenvalue weighted by Gasteiger charge is 2.45. The van der Waals surface area contributed by atoms with Crippen LogP contribution in [0.15, 0.2) is 22.8 Å². The molecule has 0 spiro atoms. The van der Waals surface area contributed by atoms with Crippen molar-refractivity contribution in [2.45, 2.75) is 18.7 Å². The van der Waals surface area contributed by atoms with Crippen LogP contribution in [0.1, 0.15) is 5.76 Å². The molecule has 0 amide bonds. The fraction of sp³-hybridized carbons (Fsp3) is 0.733. The molecule has 0 saturated carbocycles. The van der Waals surface area contributed by atoms with Gasteiger partial charge in [-0.05, 0) is 26.2 Å². The van der Waals surface area contributed by atoms with Crippen molar-refractivity contribution in [3.63, 3.8) is 0 Å². The van der Waals surface area contributed by atoms with Gasteiger partial charge in [0.2, 0.25) is 0 Å². The monoisotopic (exact) mass is 280 g/mol. The minimum atomic E-state index is 0.289. The molecule has 2 aliphatic heterocycles. The quantitative estimate of drug-likeness (QED) is 0.779. The number of fused-ring (bicyclic) bond motifs is 1. The maximum Gasteiger partial charge on any atom is 0.117 e. The van der Waals surface area contributed by atoms with Crippen molar-refractivity contribution < 1.29 is 13.9 Å². The van der Waals surface area contributed by atoms with Crippen LogP contribution in [0.3, 0.4) is 0 Å². The van der Waals surface area contributed by atoms with Crippen molar-refractivity contribution in [1.29, 1.82) is 0 Å². The fourth-order valence-electron chi connectivity index (χ4n) is 3.14. The summed E-state index contributed by atoms with van der Waals surface area (Å²) in [6.45, 7) is 5.23. The van der Waals surface area contributed by atoms with E-state index in [4.69, 9.17) is 13.9 Å². The topological polar surface area (TPSA) is 38.1 Å². The van der Waals surface area contributed by atoms with Crippen LogP contribution in [0.5, 0.6) is 0 Å². The molecule has 0 aromatic carbocycles. The molecule has 1 aromatic rings. The average molecular weight is 280 g/mol. The lowest BCUT2D eigenvalue weighted by molar-refractivity contribution is 0.0129. The smallest absolute Gasteiger partial charge is 0.117 e. The van der Waals surface area contributed by atoms with E-state index in [1.54, 1.807) is 6.26 Å². The van der Waals surface area contributed by atoms with E-state index in [1.165, 1.54) is 0 Å². The first-order valence-corrected chi connectivity index (χ1v) is 7.34. The Kier molecular flexibility index (Phi) is 4.41. The van der Waals surface area contributed by atoms with Gasteiger partial charge in [-0.3, -0.25) is 4.90 Å². The van der Waals surface area contributed by atoms with Crippen LogP contribution >= 0.6 is 0 Å². The normalized spacial score (nSPS) is 30.2. The summed E-state index contributed by atoms with van der Waals surface area (Å²) < 4.78 is 17.2. The number of likely N-dealkylation sites (N-methyl/N-ethyl adjacent to an activating group) is 1. The maximum atomic E-state index is 6.08. The molecule has 0 unspecified atom stereocenters. The molecule has 0 aliphatic carbocycles. The molecule has 1 aromatic heterocycles. The molecular weight excluding hydrogens is 256 g/mol. The summed E-state index contributed by atoms with van der Waals surface area (Å²) in [4.78, 5) is 4.59. The van der Waals surface area contributed by atoms with Crippen molar-refractivity contribution in [2.75, 3.05) is 47.0 Å². The first kappa shape index (κ1) is 14.1. The maximum absolute atomic E-state index is 6.08. The highest BCUT2D eigenvalue weighted by atomic mass is 16.5. The third-order valence-electron chi connectivity index (χ3n) is 4.26. The summed E-state index contributed by atoms with van der Waals surface area (Å²) >= 11 is 0. The van der Waals surface area contributed by atoms with Gasteiger partial charge in [0.05, 0.1) is 38.7 Å². The Morgan fingerprint density at radius 2 is 2.30 bits per heavy atom. The number of hydrogen-bond acceptors (Lipinski definition) is 5. The van der Waals surface area contributed by atoms with E-state index < -0.39 is 0 Å². The van der Waals surface area contributed by atoms with Crippen molar-refractivity contribution >= 4 is 0 Å². The van der Waals surface area contributed by atoms with E-state index in [2.05, 4.69) is 23.9 Å². The molecule has 2 saturated heterocycles. The first-order valence-electron chi connectivity index (χ1n) is 7.34. The molecule has 5 nitrogen and oxygen atoms in total. The van der Waals surface area contributed by atoms with Gasteiger partial charge in [0.15, 0.2) is 0 Å². The summed E-state index contributed by atoms with van der Waals surface area (Å²) in [5, 5.41) is 0. The van der Waals surface area contributed by atoms with E-state index in [9.17, 15) is 0 Å². The summed E-state index contributed by atoms with van der Waals surface area (Å²) in [5.74, 6) is 1.52. The second-order valence-corrected chi connectivity index (χ2v) is 5.99. The number of ether oxygens (including phenoxy) is 2. The Morgan fingerprint density at radius 3 is 3.05 bits per heavy atom. The van der Waals surface area contributed by atoms with E-state index in [0.29, 0.717) is 12.0 Å². The third-order valence-corrected chi connectivity index (χ3v) is 4.26. The zero-order chi connectivity index (χ0) is 13.9. The Morgan fingerprint density at radius 1 is 1.40 bits per heavy atom. The standard InChI is InChI=1S/C15H24N2O3/c1-16(2)5-7-20-15-9-17(8-12-4-3-6-19-12)14-11-18-10-13(14)15/h3-4,6,13-15H,5,7-11H2,1-2H3/t13-,14+,15+/m1/s1. The molecule has 0 N–H and O–H groups in total. The average Bonchev–Trinajstić information content (AvgIpc) is 3.10. The van der Waals surface area contributed by atoms with Gasteiger partial charge < -0.3 is 18.8 Å². The second-order valence-electron chi connectivity index (χ2n) is 5.99. The predicted octanol–water partition coefficient (Wildman–Crippen LogP) is 1.06. The highest BCUT2D eigenvalue weighted by Crippen LogP contribution is 2.33. The predicted molar refractivity (Wildman–Crippen MR) is 75.5 cm³/mol. The minimum Gasteiger partial charge on any atom is -0.468 e. The van der Waals surface area contributed by atoms with Crippen molar-refractivity contribution in [1.82, 2.24) is 9.80 Å². The zero-order valence-corrected chi connectivity index (χ0v) is 12.3. The molecular formula is C15H24N2O3. The molecule has 112 valence electrons. The zero-order valence-electron chi connectivity index (χ0n) is 12.3. The van der Waals surface area contributed by atoms with Crippen LogP contribution in [0.2, 0.25) is 0 Å². The van der Waals surface area contributed by atoms with Crippen LogP contribution < -0.4 is 0 Å². The number of rotatable bonds is 6. The van der Waals surface area contributed by atoms with Crippen LogP contribution in [-0.2, 0) is 16.0 Å². The van der Waals surface area contributed by atoms with Crippen molar-refractivity contribution in [2.24, 2.45) is 5.92 Å². The van der Waals surface area contributed by atoms with Crippen LogP contribution in [0.25, 0.3) is 0 Å². The third kappa shape index (κ3) is 3.06. The van der Waals surface area contributed by atoms with E-state index in [0.717, 1.165) is 45.2 Å². The summed E-state index contributed by atoms with van der Waals surface area (Å²) in [5.41, 5.74) is 0. The van der Waals surface area contributed by atoms with E-state index in [1.807, 2.05) is 12.1 Å². The summed E-state index contributed by atoms with van der Waals surface area (Å²) in [6.07, 6.45) is 2.02. The largest absolute Gasteiger partial charge is 0.468 e. The first-order chi connectivity index (χ1) is 9.74. The number of nitrogens with zero attached hydrogens (tertiary/aromatic N) is 2. The molecule has 0 radical (unpaired) electrons. The van der Waals surface area contributed by atoms with Gasteiger partial charge in [-0.25, -0.2) is 0 Å². The highest BCUT2D eigenvalue weighted by molar-refractivity contribution is 5.03. The SMILES string of the molecule is CN(C)CCO[C@H]1CN(Cc2ccco2)[C@H]2COC[C@@H]12. The van der Waals surface area contributed by atoms with Crippen molar-refractivity contribution in [3.8, 4) is 0 Å². The second kappa shape index (κ2) is 6.26. The molecule has 20 heavy (non-hydrogen) atoms. The van der Waals surface area contributed by atoms with Crippen LogP contribution in [0, 0.1) is 5.92 Å². The van der Waals surface area contributed by atoms with Gasteiger partial charge in [-0.2, -0.15) is 0 Å². The fourth-order valence-corrected chi connectivity index (χ4v) is 3.14. The number of furan rings is 1. The van der Waals surface area contributed by atoms with Crippen LogP contribution in [0.4, 0.5) is 0 Å². The lowest BCUT2D eigenvalue weighted by Gasteiger charge is -2.20. The molecule has 2 fully saturated rings. The summed E-state index contributed by atoms with van der Waals surface area (Å²) in [6, 6.07) is 4.45. The molecule has 2 aliphatic rings. The van der Waals surface area contributed by atoms with Crippen molar-refractivity contribution in [3.05, 3.63) is 24.2 Å². The Hall–Kier alpha value is -0.880. The molecule has 3 rings (SSSR count). The number of likely N-dealkylation sites (tertiary alicyclic amines) is 1. The molecule has 3 atom stereocenters. The van der Waals surface area contributed by atoms with Crippen LogP contribution in [-0.4, -0.2) is 69.0 Å². The Balaban J connectivity index is 1.57. The van der Waals surface area contributed by atoms with Gasteiger partial charge in [0, 0.05) is 25.0 Å². The Labute approximate surface area is 120 Å². The van der Waals surface area contributed by atoms with E-state index in [-0.39, 0.29) is 6.10 Å². The van der Waals surface area contributed by atoms with E-state index >= 15 is 0 Å². The number of hydrogen-bond donors (Lipinski definition) is 0. The lowest BCUT2D eigenvalue weighted by Crippen LogP contribution is -2.32. The van der Waals surface area contributed by atoms with Gasteiger partial charge in [0.1, 0.15) is 5.76 Å². The van der Waals surface area contributed by atoms with Gasteiger partial charge >= 0.3 is 0 Å². The lowest BCUT2D eigenvalue weighted by atomic mass is 10.0. The molecule has 3 heterocycles. The molecule has 0 bridgehead atoms. The summed E-state index contributed by atoms with van der Waals surface area (Å²) in [7, 11) is 4.14. The van der Waals surface area contributed by atoms with Gasteiger partial charge in [-0.15, -0.1) is 0 Å². The minimum absolute atomic E-state index is 0.289.